The van der Waals surface area contributed by atoms with Crippen LogP contribution in [-0.2, 0) is 6.42 Å². The summed E-state index contributed by atoms with van der Waals surface area (Å²) in [7, 11) is 2.15. The van der Waals surface area contributed by atoms with Crippen molar-refractivity contribution in [3.05, 3.63) is 23.4 Å². The van der Waals surface area contributed by atoms with Crippen molar-refractivity contribution in [3.63, 3.8) is 0 Å². The van der Waals surface area contributed by atoms with E-state index >= 15 is 0 Å². The highest BCUT2D eigenvalue weighted by atomic mass is 16.1. The van der Waals surface area contributed by atoms with E-state index in [0.717, 1.165) is 23.5 Å². The quantitative estimate of drug-likeness (QED) is 0.823. The van der Waals surface area contributed by atoms with Crippen LogP contribution in [0.5, 0.6) is 0 Å². The molecule has 21 heavy (non-hydrogen) atoms. The predicted molar refractivity (Wildman–Crippen MR) is 85.9 cm³/mol. The molecule has 3 rings (SSSR count). The van der Waals surface area contributed by atoms with E-state index < -0.39 is 0 Å². The van der Waals surface area contributed by atoms with Gasteiger partial charge in [-0.05, 0) is 36.8 Å². The smallest absolute Gasteiger partial charge is 0.165 e. The minimum absolute atomic E-state index is 0.0408. The number of carbonyl (C=O) groups is 1. The molecule has 1 heterocycles. The standard InChI is InChI=1S/C18H26N2O/c1-18(2)11-15-14(16(21)12-18)9-10-17(19-15)20(3)13-7-5-4-6-8-13/h9-10,13H,4-8,11-12H2,1-3H3. The molecule has 1 aromatic rings. The fourth-order valence-electron chi connectivity index (χ4n) is 3.78. The van der Waals surface area contributed by atoms with Crippen molar-refractivity contribution in [2.45, 2.75) is 64.8 Å². The second-order valence-corrected chi connectivity index (χ2v) is 7.51. The second-order valence-electron chi connectivity index (χ2n) is 7.51. The Morgan fingerprint density at radius 1 is 1.14 bits per heavy atom. The minimum atomic E-state index is 0.0408. The maximum Gasteiger partial charge on any atom is 0.165 e. The molecule has 0 saturated heterocycles. The molecule has 0 N–H and O–H groups in total. The van der Waals surface area contributed by atoms with Gasteiger partial charge < -0.3 is 4.90 Å². The Balaban J connectivity index is 1.86. The Kier molecular flexibility index (Phi) is 3.76. The van der Waals surface area contributed by atoms with Crippen LogP contribution in [0.1, 0.15) is 68.4 Å². The molecule has 0 spiro atoms. The van der Waals surface area contributed by atoms with Crippen molar-refractivity contribution < 1.29 is 4.79 Å². The van der Waals surface area contributed by atoms with Gasteiger partial charge in [0, 0.05) is 25.1 Å². The molecule has 0 aromatic carbocycles. The highest BCUT2D eigenvalue weighted by molar-refractivity contribution is 5.98. The van der Waals surface area contributed by atoms with Gasteiger partial charge in [0.1, 0.15) is 5.82 Å². The maximum atomic E-state index is 12.2. The predicted octanol–water partition coefficient (Wildman–Crippen LogP) is 4.01. The third-order valence-electron chi connectivity index (χ3n) is 5.03. The van der Waals surface area contributed by atoms with Crippen LogP contribution in [0.2, 0.25) is 0 Å². The molecule has 1 saturated carbocycles. The fourth-order valence-corrected chi connectivity index (χ4v) is 3.78. The Hall–Kier alpha value is -1.38. The largest absolute Gasteiger partial charge is 0.357 e. The van der Waals surface area contributed by atoms with Crippen molar-refractivity contribution in [2.24, 2.45) is 5.41 Å². The lowest BCUT2D eigenvalue weighted by Gasteiger charge is -2.34. The normalized spacial score (nSPS) is 22.0. The van der Waals surface area contributed by atoms with E-state index in [1.807, 2.05) is 12.1 Å². The van der Waals surface area contributed by atoms with Gasteiger partial charge in [0.05, 0.1) is 5.69 Å². The maximum absolute atomic E-state index is 12.2. The Morgan fingerprint density at radius 2 is 1.86 bits per heavy atom. The minimum Gasteiger partial charge on any atom is -0.357 e. The molecule has 0 atom stereocenters. The van der Waals surface area contributed by atoms with Crippen LogP contribution in [0.15, 0.2) is 12.1 Å². The Bertz CT molecular complexity index is 544. The summed E-state index contributed by atoms with van der Waals surface area (Å²) in [6.45, 7) is 4.32. The van der Waals surface area contributed by atoms with Gasteiger partial charge in [0.25, 0.3) is 0 Å². The molecular weight excluding hydrogens is 260 g/mol. The summed E-state index contributed by atoms with van der Waals surface area (Å²) in [4.78, 5) is 19.4. The summed E-state index contributed by atoms with van der Waals surface area (Å²) in [6, 6.07) is 4.63. The van der Waals surface area contributed by atoms with Crippen molar-refractivity contribution in [1.82, 2.24) is 4.98 Å². The molecule has 1 fully saturated rings. The first-order valence-electron chi connectivity index (χ1n) is 8.22. The fraction of sp³-hybridized carbons (Fsp3) is 0.667. The molecule has 0 amide bonds. The lowest BCUT2D eigenvalue weighted by molar-refractivity contribution is 0.0910. The number of pyridine rings is 1. The highest BCUT2D eigenvalue weighted by Crippen LogP contribution is 2.35. The number of carbonyl (C=O) groups excluding carboxylic acids is 1. The number of Topliss-reactive ketones (excluding diaryl/α,β-unsaturated/α-hetero) is 1. The number of ketones is 1. The van der Waals surface area contributed by atoms with Crippen LogP contribution < -0.4 is 4.90 Å². The van der Waals surface area contributed by atoms with E-state index in [4.69, 9.17) is 4.98 Å². The average molecular weight is 286 g/mol. The van der Waals surface area contributed by atoms with Gasteiger partial charge in [-0.1, -0.05) is 33.1 Å². The Labute approximate surface area is 127 Å². The van der Waals surface area contributed by atoms with Crippen LogP contribution in [0.3, 0.4) is 0 Å². The molecule has 2 aliphatic rings. The number of rotatable bonds is 2. The number of fused-ring (bicyclic) bond motifs is 1. The van der Waals surface area contributed by atoms with Gasteiger partial charge >= 0.3 is 0 Å². The molecule has 0 aliphatic heterocycles. The number of aromatic nitrogens is 1. The first kappa shape index (κ1) is 14.6. The Morgan fingerprint density at radius 3 is 2.57 bits per heavy atom. The third kappa shape index (κ3) is 2.97. The van der Waals surface area contributed by atoms with Crippen LogP contribution in [0.25, 0.3) is 0 Å². The summed E-state index contributed by atoms with van der Waals surface area (Å²) >= 11 is 0. The second kappa shape index (κ2) is 5.43. The molecule has 114 valence electrons. The van der Waals surface area contributed by atoms with E-state index in [1.165, 1.54) is 32.1 Å². The van der Waals surface area contributed by atoms with Crippen molar-refractivity contribution in [1.29, 1.82) is 0 Å². The molecule has 0 radical (unpaired) electrons. The zero-order valence-corrected chi connectivity index (χ0v) is 13.5. The molecule has 0 unspecified atom stereocenters. The summed E-state index contributed by atoms with van der Waals surface area (Å²) in [5, 5.41) is 0. The first-order valence-corrected chi connectivity index (χ1v) is 8.22. The van der Waals surface area contributed by atoms with Crippen LogP contribution in [0.4, 0.5) is 5.82 Å². The molecule has 0 bridgehead atoms. The molecule has 3 heteroatoms. The average Bonchev–Trinajstić information content (AvgIpc) is 2.45. The topological polar surface area (TPSA) is 33.2 Å². The number of hydrogen-bond donors (Lipinski definition) is 0. The van der Waals surface area contributed by atoms with E-state index in [1.54, 1.807) is 0 Å². The van der Waals surface area contributed by atoms with Gasteiger partial charge in [0.15, 0.2) is 5.78 Å². The molecule has 3 nitrogen and oxygen atoms in total. The van der Waals surface area contributed by atoms with E-state index in [2.05, 4.69) is 25.8 Å². The third-order valence-corrected chi connectivity index (χ3v) is 5.03. The van der Waals surface area contributed by atoms with Crippen LogP contribution in [-0.4, -0.2) is 23.9 Å². The molecular formula is C18H26N2O. The van der Waals surface area contributed by atoms with Crippen molar-refractivity contribution in [2.75, 3.05) is 11.9 Å². The summed E-state index contributed by atoms with van der Waals surface area (Å²) in [5.41, 5.74) is 1.88. The highest BCUT2D eigenvalue weighted by Gasteiger charge is 2.32. The van der Waals surface area contributed by atoms with Crippen molar-refractivity contribution in [3.8, 4) is 0 Å². The number of hydrogen-bond acceptors (Lipinski definition) is 3. The molecule has 1 aromatic heterocycles. The number of nitrogens with zero attached hydrogens (tertiary/aromatic N) is 2. The van der Waals surface area contributed by atoms with E-state index in [-0.39, 0.29) is 11.2 Å². The molecule has 2 aliphatic carbocycles. The monoisotopic (exact) mass is 286 g/mol. The summed E-state index contributed by atoms with van der Waals surface area (Å²) in [6.07, 6.45) is 8.08. The van der Waals surface area contributed by atoms with Gasteiger partial charge in [-0.15, -0.1) is 0 Å². The number of anilines is 1. The summed E-state index contributed by atoms with van der Waals surface area (Å²) in [5.74, 6) is 1.28. The lowest BCUT2D eigenvalue weighted by Crippen LogP contribution is -2.35. The zero-order valence-electron chi connectivity index (χ0n) is 13.5. The zero-order chi connectivity index (χ0) is 15.0. The van der Waals surface area contributed by atoms with Crippen molar-refractivity contribution >= 4 is 11.6 Å². The van der Waals surface area contributed by atoms with E-state index in [0.29, 0.717) is 12.5 Å². The van der Waals surface area contributed by atoms with Gasteiger partial charge in [-0.3, -0.25) is 4.79 Å². The van der Waals surface area contributed by atoms with Gasteiger partial charge in [-0.2, -0.15) is 0 Å². The SMILES string of the molecule is CN(c1ccc2c(n1)CC(C)(C)CC2=O)C1CCCCC1. The van der Waals surface area contributed by atoms with Crippen LogP contribution in [0, 0.1) is 5.41 Å². The summed E-state index contributed by atoms with van der Waals surface area (Å²) < 4.78 is 0. The van der Waals surface area contributed by atoms with Gasteiger partial charge in [-0.25, -0.2) is 4.98 Å². The van der Waals surface area contributed by atoms with Crippen LogP contribution >= 0.6 is 0 Å². The first-order chi connectivity index (χ1) is 9.96. The van der Waals surface area contributed by atoms with E-state index in [9.17, 15) is 4.79 Å². The lowest BCUT2D eigenvalue weighted by atomic mass is 9.76. The van der Waals surface area contributed by atoms with Gasteiger partial charge in [0.2, 0.25) is 0 Å².